The molecule has 0 aliphatic heterocycles. The van der Waals surface area contributed by atoms with E-state index in [9.17, 15) is 4.79 Å². The summed E-state index contributed by atoms with van der Waals surface area (Å²) in [6.07, 6.45) is 0.970. The van der Waals surface area contributed by atoms with E-state index in [2.05, 4.69) is 11.9 Å². The normalized spacial score (nSPS) is 10.4. The first kappa shape index (κ1) is 15.0. The number of hydrogen-bond acceptors (Lipinski definition) is 4. The monoisotopic (exact) mass is 288 g/mol. The fraction of sp³-hybridized carbons (Fsp3) is 0.312. The molecule has 5 heteroatoms. The molecule has 0 unspecified atom stereocenters. The minimum atomic E-state index is -0.416. The van der Waals surface area contributed by atoms with Crippen LogP contribution in [0.1, 0.15) is 30.6 Å². The summed E-state index contributed by atoms with van der Waals surface area (Å²) in [5, 5.41) is 0. The van der Waals surface area contributed by atoms with Crippen molar-refractivity contribution in [3.05, 3.63) is 35.9 Å². The first-order chi connectivity index (χ1) is 10.2. The van der Waals surface area contributed by atoms with E-state index >= 15 is 0 Å². The third-order valence-electron chi connectivity index (χ3n) is 2.98. The van der Waals surface area contributed by atoms with E-state index in [4.69, 9.17) is 15.2 Å². The molecule has 1 aromatic carbocycles. The van der Waals surface area contributed by atoms with Gasteiger partial charge in [0, 0.05) is 5.69 Å². The van der Waals surface area contributed by atoms with Gasteiger partial charge in [0.2, 0.25) is 0 Å². The van der Waals surface area contributed by atoms with E-state index in [1.54, 1.807) is 13.0 Å². The van der Waals surface area contributed by atoms with Gasteiger partial charge in [-0.25, -0.2) is 4.79 Å². The largest absolute Gasteiger partial charge is 0.494 e. The van der Waals surface area contributed by atoms with Crippen LogP contribution in [-0.2, 0) is 4.74 Å². The lowest BCUT2D eigenvalue weighted by Gasteiger charge is -2.05. The van der Waals surface area contributed by atoms with Crippen molar-refractivity contribution in [1.29, 1.82) is 0 Å². The molecular formula is C16H20N2O3. The van der Waals surface area contributed by atoms with E-state index in [1.165, 1.54) is 0 Å². The minimum absolute atomic E-state index is 0.315. The number of hydrogen-bond donors (Lipinski definition) is 2. The van der Waals surface area contributed by atoms with Crippen molar-refractivity contribution < 1.29 is 14.3 Å². The average molecular weight is 288 g/mol. The summed E-state index contributed by atoms with van der Waals surface area (Å²) in [4.78, 5) is 14.7. The van der Waals surface area contributed by atoms with Crippen LogP contribution in [0.25, 0.3) is 11.3 Å². The van der Waals surface area contributed by atoms with E-state index in [0.29, 0.717) is 24.6 Å². The van der Waals surface area contributed by atoms with Crippen molar-refractivity contribution in [3.8, 4) is 17.0 Å². The molecule has 0 saturated carbocycles. The third-order valence-corrected chi connectivity index (χ3v) is 2.98. The highest BCUT2D eigenvalue weighted by Gasteiger charge is 2.15. The van der Waals surface area contributed by atoms with Crippen molar-refractivity contribution in [2.24, 2.45) is 0 Å². The predicted octanol–water partition coefficient (Wildman–Crippen LogP) is 3.23. The van der Waals surface area contributed by atoms with Gasteiger partial charge in [0.05, 0.1) is 13.2 Å². The van der Waals surface area contributed by atoms with Gasteiger partial charge < -0.3 is 20.2 Å². The van der Waals surface area contributed by atoms with Gasteiger partial charge >= 0.3 is 5.97 Å². The lowest BCUT2D eigenvalue weighted by Crippen LogP contribution is -2.05. The summed E-state index contributed by atoms with van der Waals surface area (Å²) < 4.78 is 10.5. The number of H-pyrrole nitrogens is 1. The summed E-state index contributed by atoms with van der Waals surface area (Å²) in [5.41, 5.74) is 7.89. The van der Waals surface area contributed by atoms with Gasteiger partial charge in [-0.1, -0.05) is 6.92 Å². The molecule has 0 spiro atoms. The molecule has 0 fully saturated rings. The van der Waals surface area contributed by atoms with Crippen molar-refractivity contribution in [3.63, 3.8) is 0 Å². The number of rotatable bonds is 6. The number of anilines is 1. The molecule has 21 heavy (non-hydrogen) atoms. The maximum Gasteiger partial charge on any atom is 0.341 e. The van der Waals surface area contributed by atoms with E-state index in [0.717, 1.165) is 23.4 Å². The second-order valence-electron chi connectivity index (χ2n) is 4.60. The van der Waals surface area contributed by atoms with Gasteiger partial charge in [-0.15, -0.1) is 0 Å². The summed E-state index contributed by atoms with van der Waals surface area (Å²) in [5.74, 6) is 0.723. The lowest BCUT2D eigenvalue weighted by molar-refractivity contribution is 0.0528. The molecule has 2 rings (SSSR count). The number of nitrogen functional groups attached to an aromatic ring is 1. The first-order valence-corrected chi connectivity index (χ1v) is 7.04. The number of aromatic amines is 1. The van der Waals surface area contributed by atoms with E-state index < -0.39 is 5.97 Å². The molecule has 0 saturated heterocycles. The van der Waals surface area contributed by atoms with Crippen LogP contribution in [0.4, 0.5) is 5.82 Å². The number of ether oxygens (including phenoxy) is 2. The van der Waals surface area contributed by atoms with Crippen molar-refractivity contribution in [2.45, 2.75) is 20.3 Å². The zero-order valence-corrected chi connectivity index (χ0v) is 12.3. The second-order valence-corrected chi connectivity index (χ2v) is 4.60. The van der Waals surface area contributed by atoms with E-state index in [-0.39, 0.29) is 0 Å². The molecule has 0 aliphatic carbocycles. The Labute approximate surface area is 124 Å². The van der Waals surface area contributed by atoms with Crippen molar-refractivity contribution in [1.82, 2.24) is 4.98 Å². The number of esters is 1. The fourth-order valence-corrected chi connectivity index (χ4v) is 1.95. The quantitative estimate of drug-likeness (QED) is 0.800. The molecule has 0 radical (unpaired) electrons. The zero-order valence-electron chi connectivity index (χ0n) is 12.3. The molecule has 1 aromatic heterocycles. The van der Waals surface area contributed by atoms with Gasteiger partial charge in [-0.05, 0) is 49.2 Å². The molecule has 3 N–H and O–H groups in total. The Morgan fingerprint density at radius 3 is 2.57 bits per heavy atom. The van der Waals surface area contributed by atoms with Gasteiger partial charge in [-0.2, -0.15) is 0 Å². The highest BCUT2D eigenvalue weighted by Crippen LogP contribution is 2.25. The standard InChI is InChI=1S/C16H20N2O3/c1-3-9-21-12-7-5-11(6-8-12)14-10-13(15(17)18-14)16(19)20-4-2/h5-8,10,18H,3-4,9,17H2,1-2H3. The van der Waals surface area contributed by atoms with Crippen LogP contribution in [0.3, 0.4) is 0 Å². The maximum atomic E-state index is 11.7. The van der Waals surface area contributed by atoms with Crippen LogP contribution in [-0.4, -0.2) is 24.2 Å². The molecule has 112 valence electrons. The highest BCUT2D eigenvalue weighted by molar-refractivity contribution is 5.96. The molecular weight excluding hydrogens is 268 g/mol. The summed E-state index contributed by atoms with van der Waals surface area (Å²) >= 11 is 0. The number of carbonyl (C=O) groups is 1. The predicted molar refractivity (Wildman–Crippen MR) is 82.4 cm³/mol. The molecule has 2 aromatic rings. The summed E-state index contributed by atoms with van der Waals surface area (Å²) in [7, 11) is 0. The van der Waals surface area contributed by atoms with Gasteiger partial charge in [0.25, 0.3) is 0 Å². The molecule has 0 bridgehead atoms. The summed E-state index contributed by atoms with van der Waals surface area (Å²) in [6, 6.07) is 9.34. The Balaban J connectivity index is 2.18. The van der Waals surface area contributed by atoms with Crippen molar-refractivity contribution >= 4 is 11.8 Å². The molecule has 0 aliphatic rings. The van der Waals surface area contributed by atoms with Crippen LogP contribution in [0.2, 0.25) is 0 Å². The maximum absolute atomic E-state index is 11.7. The molecule has 5 nitrogen and oxygen atoms in total. The number of nitrogens with two attached hydrogens (primary N) is 1. The molecule has 0 amide bonds. The topological polar surface area (TPSA) is 77.3 Å². The highest BCUT2D eigenvalue weighted by atomic mass is 16.5. The Hall–Kier alpha value is -2.43. The lowest BCUT2D eigenvalue weighted by atomic mass is 10.1. The van der Waals surface area contributed by atoms with Crippen LogP contribution in [0.15, 0.2) is 30.3 Å². The Bertz CT molecular complexity index is 602. The van der Waals surface area contributed by atoms with Crippen LogP contribution in [0.5, 0.6) is 5.75 Å². The average Bonchev–Trinajstić information content (AvgIpc) is 2.88. The Kier molecular flexibility index (Phi) is 4.87. The van der Waals surface area contributed by atoms with Gasteiger partial charge in [-0.3, -0.25) is 0 Å². The number of aromatic nitrogens is 1. The number of carbonyl (C=O) groups excluding carboxylic acids is 1. The SMILES string of the molecule is CCCOc1ccc(-c2cc(C(=O)OCC)c(N)[nH]2)cc1. The molecule has 0 atom stereocenters. The third kappa shape index (κ3) is 3.56. The van der Waals surface area contributed by atoms with Gasteiger partial charge in [0.15, 0.2) is 0 Å². The Morgan fingerprint density at radius 2 is 1.95 bits per heavy atom. The zero-order chi connectivity index (χ0) is 15.2. The minimum Gasteiger partial charge on any atom is -0.494 e. The fourth-order valence-electron chi connectivity index (χ4n) is 1.95. The molecule has 1 heterocycles. The van der Waals surface area contributed by atoms with E-state index in [1.807, 2.05) is 24.3 Å². The number of nitrogens with one attached hydrogen (secondary N) is 1. The van der Waals surface area contributed by atoms with Crippen LogP contribution < -0.4 is 10.5 Å². The van der Waals surface area contributed by atoms with Crippen LogP contribution in [0, 0.1) is 0 Å². The smallest absolute Gasteiger partial charge is 0.341 e. The second kappa shape index (κ2) is 6.83. The van der Waals surface area contributed by atoms with Gasteiger partial charge in [0.1, 0.15) is 17.1 Å². The summed E-state index contributed by atoms with van der Waals surface area (Å²) in [6.45, 7) is 4.84. The Morgan fingerprint density at radius 1 is 1.24 bits per heavy atom. The number of benzene rings is 1. The van der Waals surface area contributed by atoms with Crippen LogP contribution >= 0.6 is 0 Å². The van der Waals surface area contributed by atoms with Crippen molar-refractivity contribution in [2.75, 3.05) is 18.9 Å². The first-order valence-electron chi connectivity index (χ1n) is 7.04.